The zero-order chi connectivity index (χ0) is 28.8. The van der Waals surface area contributed by atoms with E-state index in [-0.39, 0.29) is 12.0 Å². The van der Waals surface area contributed by atoms with Gasteiger partial charge in [0, 0.05) is 56.4 Å². The van der Waals surface area contributed by atoms with Crippen LogP contribution in [0.25, 0.3) is 0 Å². The van der Waals surface area contributed by atoms with Crippen LogP contribution in [0, 0.1) is 0 Å². The number of rotatable bonds is 8. The number of nitrogens with zero attached hydrogens (tertiary/aromatic N) is 2. The Bertz CT molecular complexity index is 1390. The van der Waals surface area contributed by atoms with E-state index in [2.05, 4.69) is 31.8 Å². The summed E-state index contributed by atoms with van der Waals surface area (Å²) in [6, 6.07) is 17.7. The van der Waals surface area contributed by atoms with Crippen LogP contribution in [0.2, 0.25) is 10.0 Å². The van der Waals surface area contributed by atoms with Crippen LogP contribution in [0.1, 0.15) is 23.2 Å². The van der Waals surface area contributed by atoms with E-state index in [0.717, 1.165) is 49.7 Å². The van der Waals surface area contributed by atoms with E-state index in [0.29, 0.717) is 46.6 Å². The molecule has 1 atom stereocenters. The van der Waals surface area contributed by atoms with Crippen molar-refractivity contribution in [1.82, 2.24) is 5.32 Å². The van der Waals surface area contributed by atoms with Crippen molar-refractivity contribution in [1.29, 1.82) is 0 Å². The number of carbonyl (C=O) groups excluding carboxylic acids is 2. The summed E-state index contributed by atoms with van der Waals surface area (Å²) < 4.78 is 11.2. The number of nitrogens with one attached hydrogen (secondary N) is 3. The molecule has 0 spiro atoms. The Kier molecular flexibility index (Phi) is 9.38. The molecule has 3 aromatic rings. The molecular weight excluding hydrogens is 565 g/mol. The monoisotopic (exact) mass is 597 g/mol. The Hall–Kier alpha value is -3.66. The number of piperazine rings is 1. The van der Waals surface area contributed by atoms with Gasteiger partial charge in [-0.05, 0) is 61.4 Å². The van der Waals surface area contributed by atoms with Gasteiger partial charge in [-0.1, -0.05) is 35.3 Å². The highest BCUT2D eigenvalue weighted by molar-refractivity contribution is 6.42. The first kappa shape index (κ1) is 28.9. The van der Waals surface area contributed by atoms with Crippen molar-refractivity contribution in [2.45, 2.75) is 18.9 Å². The van der Waals surface area contributed by atoms with E-state index in [9.17, 15) is 9.59 Å². The molecule has 0 aliphatic carbocycles. The highest BCUT2D eigenvalue weighted by Gasteiger charge is 2.25. The molecule has 41 heavy (non-hydrogen) atoms. The maximum atomic E-state index is 13.5. The second kappa shape index (κ2) is 13.3. The SMILES string of the molecule is COc1ccccc1N1CCN(c2ccc(NC(=O)Nc3ccc(Cl)c(Cl)c3)cc2C(=O)NCC2CCCO2)CC1. The zero-order valence-corrected chi connectivity index (χ0v) is 24.3. The van der Waals surface area contributed by atoms with Crippen LogP contribution in [-0.2, 0) is 4.74 Å². The summed E-state index contributed by atoms with van der Waals surface area (Å²) in [6.45, 7) is 4.13. The van der Waals surface area contributed by atoms with Crippen molar-refractivity contribution in [3.63, 3.8) is 0 Å². The summed E-state index contributed by atoms with van der Waals surface area (Å²) >= 11 is 12.0. The van der Waals surface area contributed by atoms with Crippen molar-refractivity contribution < 1.29 is 19.1 Å². The van der Waals surface area contributed by atoms with Crippen LogP contribution in [0.15, 0.2) is 60.7 Å². The molecule has 5 rings (SSSR count). The lowest BCUT2D eigenvalue weighted by molar-refractivity contribution is 0.0858. The van der Waals surface area contributed by atoms with E-state index >= 15 is 0 Å². The fourth-order valence-corrected chi connectivity index (χ4v) is 5.42. The molecule has 2 heterocycles. The maximum absolute atomic E-state index is 13.5. The fraction of sp³-hybridized carbons (Fsp3) is 0.333. The van der Waals surface area contributed by atoms with Gasteiger partial charge in [-0.3, -0.25) is 4.79 Å². The summed E-state index contributed by atoms with van der Waals surface area (Å²) in [5, 5.41) is 9.32. The quantitative estimate of drug-likeness (QED) is 0.300. The average Bonchev–Trinajstić information content (AvgIpc) is 3.52. The smallest absolute Gasteiger partial charge is 0.323 e. The molecular formula is C30H33Cl2N5O4. The third-order valence-corrected chi connectivity index (χ3v) is 7.98. The van der Waals surface area contributed by atoms with Crippen molar-refractivity contribution in [3.05, 3.63) is 76.3 Å². The van der Waals surface area contributed by atoms with Crippen molar-refractivity contribution in [2.75, 3.05) is 66.9 Å². The predicted octanol–water partition coefficient (Wildman–Crippen LogP) is 5.88. The minimum atomic E-state index is -0.465. The third kappa shape index (κ3) is 7.16. The number of methoxy groups -OCH3 is 1. The van der Waals surface area contributed by atoms with Gasteiger partial charge in [0.05, 0.1) is 34.5 Å². The lowest BCUT2D eigenvalue weighted by Crippen LogP contribution is -2.47. The average molecular weight is 599 g/mol. The molecule has 2 fully saturated rings. The Morgan fingerprint density at radius 1 is 0.902 bits per heavy atom. The number of hydrogen-bond donors (Lipinski definition) is 3. The Labute approximate surface area is 249 Å². The molecule has 3 N–H and O–H groups in total. The number of anilines is 4. The highest BCUT2D eigenvalue weighted by atomic mass is 35.5. The minimum Gasteiger partial charge on any atom is -0.495 e. The van der Waals surface area contributed by atoms with Crippen LogP contribution in [0.3, 0.4) is 0 Å². The first-order chi connectivity index (χ1) is 19.9. The van der Waals surface area contributed by atoms with Crippen molar-refractivity contribution >= 4 is 57.9 Å². The van der Waals surface area contributed by atoms with Gasteiger partial charge in [0.1, 0.15) is 5.75 Å². The van der Waals surface area contributed by atoms with Gasteiger partial charge in [0.15, 0.2) is 0 Å². The lowest BCUT2D eigenvalue weighted by Gasteiger charge is -2.38. The topological polar surface area (TPSA) is 95.2 Å². The van der Waals surface area contributed by atoms with Crippen LogP contribution >= 0.6 is 23.2 Å². The number of halogens is 2. The first-order valence-electron chi connectivity index (χ1n) is 13.6. The highest BCUT2D eigenvalue weighted by Crippen LogP contribution is 2.31. The second-order valence-electron chi connectivity index (χ2n) is 9.93. The van der Waals surface area contributed by atoms with Crippen LogP contribution in [0.4, 0.5) is 27.5 Å². The molecule has 0 aromatic heterocycles. The van der Waals surface area contributed by atoms with Gasteiger partial charge in [-0.2, -0.15) is 0 Å². The molecule has 0 saturated carbocycles. The summed E-state index contributed by atoms with van der Waals surface area (Å²) in [6.07, 6.45) is 1.94. The lowest BCUT2D eigenvalue weighted by atomic mass is 10.1. The summed E-state index contributed by atoms with van der Waals surface area (Å²) in [5.41, 5.74) is 3.33. The van der Waals surface area contributed by atoms with Gasteiger partial charge < -0.3 is 35.2 Å². The summed E-state index contributed by atoms with van der Waals surface area (Å²) in [4.78, 5) is 30.7. The van der Waals surface area contributed by atoms with Crippen LogP contribution < -0.4 is 30.5 Å². The van der Waals surface area contributed by atoms with E-state index in [1.165, 1.54) is 0 Å². The number of hydrogen-bond acceptors (Lipinski definition) is 6. The number of benzene rings is 3. The van der Waals surface area contributed by atoms with Gasteiger partial charge >= 0.3 is 6.03 Å². The molecule has 3 amide bonds. The number of ether oxygens (including phenoxy) is 2. The molecule has 1 unspecified atom stereocenters. The Morgan fingerprint density at radius 2 is 1.59 bits per heavy atom. The van der Waals surface area contributed by atoms with Crippen LogP contribution in [-0.4, -0.2) is 64.5 Å². The summed E-state index contributed by atoms with van der Waals surface area (Å²) in [7, 11) is 1.68. The Morgan fingerprint density at radius 3 is 2.27 bits per heavy atom. The molecule has 11 heteroatoms. The fourth-order valence-electron chi connectivity index (χ4n) is 5.13. The largest absolute Gasteiger partial charge is 0.495 e. The molecule has 0 radical (unpaired) electrons. The Balaban J connectivity index is 1.31. The van der Waals surface area contributed by atoms with E-state index in [1.807, 2.05) is 24.3 Å². The molecule has 2 saturated heterocycles. The van der Waals surface area contributed by atoms with Crippen molar-refractivity contribution in [3.8, 4) is 5.75 Å². The normalized spacial score (nSPS) is 16.8. The van der Waals surface area contributed by atoms with Crippen LogP contribution in [0.5, 0.6) is 5.75 Å². The van der Waals surface area contributed by atoms with Gasteiger partial charge in [0.2, 0.25) is 0 Å². The molecule has 9 nitrogen and oxygen atoms in total. The molecule has 216 valence electrons. The number of carbonyl (C=O) groups is 2. The first-order valence-corrected chi connectivity index (χ1v) is 14.4. The third-order valence-electron chi connectivity index (χ3n) is 7.24. The maximum Gasteiger partial charge on any atom is 0.323 e. The standard InChI is InChI=1S/C30H33Cl2N5O4/c1-40-28-7-3-2-6-27(28)37-14-12-36(13-15-37)26-11-9-20(17-23(26)29(38)33-19-22-5-4-16-41-22)34-30(39)35-21-8-10-24(31)25(32)18-21/h2-3,6-11,17-18,22H,4-5,12-16,19H2,1H3,(H,33,38)(H2,34,35,39). The minimum absolute atomic E-state index is 0.0186. The molecule has 2 aliphatic heterocycles. The molecule has 0 bridgehead atoms. The van der Waals surface area contributed by atoms with E-state index in [4.69, 9.17) is 32.7 Å². The van der Waals surface area contributed by atoms with E-state index in [1.54, 1.807) is 37.4 Å². The predicted molar refractivity (Wildman–Crippen MR) is 164 cm³/mol. The van der Waals surface area contributed by atoms with Gasteiger partial charge in [0.25, 0.3) is 5.91 Å². The number of urea groups is 1. The second-order valence-corrected chi connectivity index (χ2v) is 10.7. The molecule has 3 aromatic carbocycles. The number of amides is 3. The number of para-hydroxylation sites is 2. The van der Waals surface area contributed by atoms with Gasteiger partial charge in [-0.25, -0.2) is 4.79 Å². The summed E-state index contributed by atoms with van der Waals surface area (Å²) in [5.74, 6) is 0.626. The molecule has 2 aliphatic rings. The van der Waals surface area contributed by atoms with Crippen molar-refractivity contribution in [2.24, 2.45) is 0 Å². The van der Waals surface area contributed by atoms with Gasteiger partial charge in [-0.15, -0.1) is 0 Å². The van der Waals surface area contributed by atoms with E-state index < -0.39 is 6.03 Å². The zero-order valence-electron chi connectivity index (χ0n) is 22.8.